The molecule has 0 aromatic heterocycles. The van der Waals surface area contributed by atoms with Gasteiger partial charge in [0.2, 0.25) is 0 Å². The lowest BCUT2D eigenvalue weighted by atomic mass is 9.86. The van der Waals surface area contributed by atoms with E-state index in [4.69, 9.17) is 4.74 Å². The van der Waals surface area contributed by atoms with Crippen molar-refractivity contribution in [3.63, 3.8) is 0 Å². The lowest BCUT2D eigenvalue weighted by molar-refractivity contribution is 0.141. The second-order valence-corrected chi connectivity index (χ2v) is 8.00. The van der Waals surface area contributed by atoms with Crippen LogP contribution in [0, 0.1) is 5.41 Å². The molecule has 1 aromatic carbocycles. The molecule has 1 N–H and O–H groups in total. The third kappa shape index (κ3) is 3.79. The maximum atomic E-state index is 6.35. The third-order valence-corrected chi connectivity index (χ3v) is 4.70. The van der Waals surface area contributed by atoms with E-state index in [1.165, 1.54) is 12.0 Å². The van der Waals surface area contributed by atoms with E-state index in [9.17, 15) is 0 Å². The molecule has 0 saturated heterocycles. The molecule has 0 aliphatic heterocycles. The molecule has 1 aliphatic carbocycles. The number of hydrogen-bond acceptors (Lipinski definition) is 2. The molecular formula is C19H31NO. The van der Waals surface area contributed by atoms with Gasteiger partial charge in [-0.25, -0.2) is 0 Å². The van der Waals surface area contributed by atoms with Gasteiger partial charge in [-0.1, -0.05) is 53.7 Å². The fourth-order valence-electron chi connectivity index (χ4n) is 3.30. The minimum absolute atomic E-state index is 0.162. The van der Waals surface area contributed by atoms with Crippen LogP contribution in [-0.2, 0) is 5.41 Å². The Bertz CT molecular complexity index is 473. The Kier molecular flexibility index (Phi) is 4.67. The number of rotatable bonds is 4. The summed E-state index contributed by atoms with van der Waals surface area (Å²) in [5, 5.41) is 3.62. The van der Waals surface area contributed by atoms with Gasteiger partial charge in [0.15, 0.2) is 0 Å². The summed E-state index contributed by atoms with van der Waals surface area (Å²) in [5.74, 6) is 1.01. The molecule has 1 aliphatic rings. The predicted octanol–water partition coefficient (Wildman–Crippen LogP) is 4.53. The first-order valence-electron chi connectivity index (χ1n) is 8.24. The first kappa shape index (κ1) is 16.4. The lowest BCUT2D eigenvalue weighted by Gasteiger charge is -2.31. The van der Waals surface area contributed by atoms with Crippen LogP contribution in [-0.4, -0.2) is 18.7 Å². The van der Waals surface area contributed by atoms with Gasteiger partial charge < -0.3 is 10.1 Å². The zero-order valence-electron chi connectivity index (χ0n) is 14.5. The van der Waals surface area contributed by atoms with Crippen molar-refractivity contribution in [2.75, 3.05) is 6.54 Å². The van der Waals surface area contributed by atoms with Crippen LogP contribution < -0.4 is 10.1 Å². The van der Waals surface area contributed by atoms with Crippen molar-refractivity contribution < 1.29 is 4.74 Å². The Morgan fingerprint density at radius 2 is 2.00 bits per heavy atom. The predicted molar refractivity (Wildman–Crippen MR) is 90.0 cm³/mol. The first-order valence-corrected chi connectivity index (χ1v) is 8.24. The van der Waals surface area contributed by atoms with Gasteiger partial charge in [-0.15, -0.1) is 0 Å². The number of likely N-dealkylation sites (N-methyl/N-ethyl adjacent to an activating group) is 1. The van der Waals surface area contributed by atoms with Gasteiger partial charge in [0.25, 0.3) is 0 Å². The second-order valence-electron chi connectivity index (χ2n) is 8.00. The standard InChI is InChI=1S/C19H31NO/c1-7-20-17-16(11-12-19(17,5)6)21-15-10-8-9-14(13-15)18(2,3)4/h8-10,13,16-17,20H,7,11-12H2,1-6H3. The fourth-order valence-corrected chi connectivity index (χ4v) is 3.30. The highest BCUT2D eigenvalue weighted by Gasteiger charge is 2.42. The molecule has 2 rings (SSSR count). The zero-order chi connectivity index (χ0) is 15.7. The highest BCUT2D eigenvalue weighted by molar-refractivity contribution is 5.33. The minimum atomic E-state index is 0.162. The van der Waals surface area contributed by atoms with Crippen LogP contribution in [0.1, 0.15) is 59.9 Å². The van der Waals surface area contributed by atoms with Crippen molar-refractivity contribution in [3.8, 4) is 5.75 Å². The first-order chi connectivity index (χ1) is 9.74. The summed E-state index contributed by atoms with van der Waals surface area (Å²) in [6.07, 6.45) is 2.62. The molecular weight excluding hydrogens is 258 g/mol. The summed E-state index contributed by atoms with van der Waals surface area (Å²) >= 11 is 0. The summed E-state index contributed by atoms with van der Waals surface area (Å²) < 4.78 is 6.35. The van der Waals surface area contributed by atoms with Gasteiger partial charge in [0.1, 0.15) is 11.9 Å². The van der Waals surface area contributed by atoms with Gasteiger partial charge >= 0.3 is 0 Å². The van der Waals surface area contributed by atoms with Gasteiger partial charge in [-0.05, 0) is 47.9 Å². The molecule has 0 bridgehead atoms. The van der Waals surface area contributed by atoms with Gasteiger partial charge in [-0.2, -0.15) is 0 Å². The van der Waals surface area contributed by atoms with Crippen LogP contribution >= 0.6 is 0 Å². The second kappa shape index (κ2) is 6.00. The molecule has 118 valence electrons. The third-order valence-electron chi connectivity index (χ3n) is 4.70. The van der Waals surface area contributed by atoms with E-state index in [-0.39, 0.29) is 11.5 Å². The van der Waals surface area contributed by atoms with Crippen LogP contribution in [0.5, 0.6) is 5.75 Å². The molecule has 0 radical (unpaired) electrons. The highest BCUT2D eigenvalue weighted by Crippen LogP contribution is 2.39. The number of nitrogens with one attached hydrogen (secondary N) is 1. The lowest BCUT2D eigenvalue weighted by Crippen LogP contribution is -2.46. The summed E-state index contributed by atoms with van der Waals surface area (Å²) in [5.41, 5.74) is 1.80. The van der Waals surface area contributed by atoms with Crippen molar-refractivity contribution in [3.05, 3.63) is 29.8 Å². The fraction of sp³-hybridized carbons (Fsp3) is 0.684. The summed E-state index contributed by atoms with van der Waals surface area (Å²) in [4.78, 5) is 0. The number of benzene rings is 1. The van der Waals surface area contributed by atoms with Crippen molar-refractivity contribution in [1.82, 2.24) is 5.32 Å². The topological polar surface area (TPSA) is 21.3 Å². The Hall–Kier alpha value is -1.02. The minimum Gasteiger partial charge on any atom is -0.489 e. The molecule has 2 atom stereocenters. The molecule has 21 heavy (non-hydrogen) atoms. The molecule has 2 unspecified atom stereocenters. The van der Waals surface area contributed by atoms with Crippen molar-refractivity contribution >= 4 is 0 Å². The molecule has 1 fully saturated rings. The van der Waals surface area contributed by atoms with E-state index < -0.39 is 0 Å². The molecule has 2 nitrogen and oxygen atoms in total. The Morgan fingerprint density at radius 1 is 1.29 bits per heavy atom. The van der Waals surface area contributed by atoms with Gasteiger partial charge in [0, 0.05) is 6.04 Å². The quantitative estimate of drug-likeness (QED) is 0.879. The SMILES string of the molecule is CCNC1C(Oc2cccc(C(C)(C)C)c2)CCC1(C)C. The smallest absolute Gasteiger partial charge is 0.120 e. The average molecular weight is 289 g/mol. The molecule has 1 saturated carbocycles. The maximum Gasteiger partial charge on any atom is 0.120 e. The summed E-state index contributed by atoms with van der Waals surface area (Å²) in [6, 6.07) is 9.02. The molecule has 0 spiro atoms. The largest absolute Gasteiger partial charge is 0.489 e. The Morgan fingerprint density at radius 3 is 2.62 bits per heavy atom. The van der Waals surface area contributed by atoms with E-state index in [0.717, 1.165) is 18.7 Å². The number of ether oxygens (including phenoxy) is 1. The van der Waals surface area contributed by atoms with E-state index >= 15 is 0 Å². The molecule has 0 heterocycles. The van der Waals surface area contributed by atoms with Crippen molar-refractivity contribution in [2.45, 2.75) is 71.9 Å². The van der Waals surface area contributed by atoms with Crippen molar-refractivity contribution in [1.29, 1.82) is 0 Å². The van der Waals surface area contributed by atoms with E-state index in [0.29, 0.717) is 11.5 Å². The van der Waals surface area contributed by atoms with Crippen LogP contribution in [0.4, 0.5) is 0 Å². The summed E-state index contributed by atoms with van der Waals surface area (Å²) in [7, 11) is 0. The molecule has 0 amide bonds. The van der Waals surface area contributed by atoms with Gasteiger partial charge in [0.05, 0.1) is 0 Å². The van der Waals surface area contributed by atoms with E-state index in [1.54, 1.807) is 0 Å². The average Bonchev–Trinajstić information content (AvgIpc) is 2.66. The Balaban J connectivity index is 2.14. The van der Waals surface area contributed by atoms with Gasteiger partial charge in [-0.3, -0.25) is 0 Å². The highest BCUT2D eigenvalue weighted by atomic mass is 16.5. The molecule has 1 aromatic rings. The van der Waals surface area contributed by atoms with E-state index in [1.807, 2.05) is 0 Å². The zero-order valence-corrected chi connectivity index (χ0v) is 14.5. The van der Waals surface area contributed by atoms with Crippen LogP contribution in [0.25, 0.3) is 0 Å². The van der Waals surface area contributed by atoms with Crippen LogP contribution in [0.15, 0.2) is 24.3 Å². The number of hydrogen-bond donors (Lipinski definition) is 1. The van der Waals surface area contributed by atoms with Crippen molar-refractivity contribution in [2.24, 2.45) is 5.41 Å². The molecule has 2 heteroatoms. The summed E-state index contributed by atoms with van der Waals surface area (Å²) in [6.45, 7) is 14.6. The van der Waals surface area contributed by atoms with Crippen LogP contribution in [0.3, 0.4) is 0 Å². The monoisotopic (exact) mass is 289 g/mol. The van der Waals surface area contributed by atoms with Crippen LogP contribution in [0.2, 0.25) is 0 Å². The van der Waals surface area contributed by atoms with E-state index in [2.05, 4.69) is 71.1 Å². The maximum absolute atomic E-state index is 6.35. The Labute approximate surface area is 130 Å². The normalized spacial score (nSPS) is 25.0.